The lowest BCUT2D eigenvalue weighted by atomic mass is 9.98. The maximum absolute atomic E-state index is 13.9. The molecule has 0 bridgehead atoms. The van der Waals surface area contributed by atoms with Crippen molar-refractivity contribution in [2.45, 2.75) is 45.6 Å². The quantitative estimate of drug-likeness (QED) is 0.0515. The molecule has 0 radical (unpaired) electrons. The van der Waals surface area contributed by atoms with Crippen molar-refractivity contribution >= 4 is 37.2 Å². The van der Waals surface area contributed by atoms with Crippen molar-refractivity contribution < 1.29 is 107 Å². The Hall–Kier alpha value is -2.67. The van der Waals surface area contributed by atoms with Crippen LogP contribution in [-0.2, 0) is 100 Å². The number of ether oxygens (including phenoxy) is 16. The number of hydrogen-bond donors (Lipinski definition) is 0. The number of sulfone groups is 2. The molecule has 76 heavy (non-hydrogen) atoms. The Balaban J connectivity index is 2.55. The second kappa shape index (κ2) is 47.2. The number of methoxy groups -OCH3 is 2. The highest BCUT2D eigenvalue weighted by Crippen LogP contribution is 2.18. The molecular formula is C51H90O23S2. The summed E-state index contributed by atoms with van der Waals surface area (Å²) in [6.45, 7) is 14.4. The molecule has 0 spiro atoms. The third-order valence-electron chi connectivity index (χ3n) is 10.00. The van der Waals surface area contributed by atoms with Crippen LogP contribution in [0.5, 0.6) is 0 Å². The van der Waals surface area contributed by atoms with E-state index in [-0.39, 0.29) is 96.2 Å². The molecule has 0 aliphatic rings. The van der Waals surface area contributed by atoms with Crippen LogP contribution in [0.25, 0.3) is 0 Å². The number of rotatable bonds is 56. The Bertz CT molecular complexity index is 1720. The van der Waals surface area contributed by atoms with Crippen molar-refractivity contribution in [1.82, 2.24) is 0 Å². The van der Waals surface area contributed by atoms with Crippen LogP contribution < -0.4 is 0 Å². The summed E-state index contributed by atoms with van der Waals surface area (Å²) >= 11 is 0. The van der Waals surface area contributed by atoms with Crippen LogP contribution in [0.4, 0.5) is 0 Å². The van der Waals surface area contributed by atoms with Crippen molar-refractivity contribution in [2.24, 2.45) is 5.92 Å². The lowest BCUT2D eigenvalue weighted by molar-refractivity contribution is -0.156. The first kappa shape index (κ1) is 71.3. The normalized spacial score (nSPS) is 12.2. The molecule has 0 heterocycles. The largest absolute Gasteiger partial charge is 0.460 e. The van der Waals surface area contributed by atoms with E-state index in [9.17, 15) is 31.2 Å². The number of Topliss-reactive ketones (excluding diaryl/α,β-unsaturated/α-hetero) is 2. The van der Waals surface area contributed by atoms with Gasteiger partial charge in [0.2, 0.25) is 0 Å². The molecule has 0 unspecified atom stereocenters. The lowest BCUT2D eigenvalue weighted by Gasteiger charge is -2.19. The zero-order valence-corrected chi connectivity index (χ0v) is 47.5. The van der Waals surface area contributed by atoms with Gasteiger partial charge in [-0.1, -0.05) is 24.3 Å². The first-order valence-corrected chi connectivity index (χ1v) is 29.5. The second-order valence-electron chi connectivity index (χ2n) is 17.7. The first-order valence-electron chi connectivity index (χ1n) is 25.9. The molecule has 1 rings (SSSR count). The number of carbonyl (C=O) groups excluding carboxylic acids is 3. The molecule has 444 valence electrons. The average Bonchev–Trinajstić information content (AvgIpc) is 3.37. The number of hydrogen-bond acceptors (Lipinski definition) is 23. The highest BCUT2D eigenvalue weighted by molar-refractivity contribution is 7.92. The minimum Gasteiger partial charge on any atom is -0.460 e. The topological polar surface area (TPSA) is 267 Å². The minimum absolute atomic E-state index is 0.0504. The van der Waals surface area contributed by atoms with Gasteiger partial charge in [0, 0.05) is 38.4 Å². The molecule has 0 aliphatic heterocycles. The van der Waals surface area contributed by atoms with Crippen molar-refractivity contribution in [1.29, 1.82) is 0 Å². The van der Waals surface area contributed by atoms with Crippen LogP contribution in [0.1, 0.15) is 60.7 Å². The van der Waals surface area contributed by atoms with Gasteiger partial charge in [0.15, 0.2) is 31.2 Å². The van der Waals surface area contributed by atoms with Gasteiger partial charge in [-0.2, -0.15) is 0 Å². The van der Waals surface area contributed by atoms with Gasteiger partial charge in [-0.05, 0) is 27.2 Å². The molecule has 0 atom stereocenters. The minimum atomic E-state index is -4.01. The van der Waals surface area contributed by atoms with E-state index in [1.54, 1.807) is 35.0 Å². The molecular weight excluding hydrogens is 1040 g/mol. The van der Waals surface area contributed by atoms with Crippen LogP contribution in [0.2, 0.25) is 0 Å². The molecule has 1 aromatic rings. The maximum Gasteiger partial charge on any atom is 0.308 e. The van der Waals surface area contributed by atoms with E-state index < -0.39 is 60.0 Å². The summed E-state index contributed by atoms with van der Waals surface area (Å²) in [7, 11) is -4.79. The number of carbonyl (C=O) groups is 3. The molecule has 23 nitrogen and oxygen atoms in total. The van der Waals surface area contributed by atoms with Gasteiger partial charge in [-0.15, -0.1) is 0 Å². The standard InChI is InChI=1S/C51H90O23S2/c1-51(2,3)74-49(53)12-14-61-13-6-7-48(52)45-8-10-46(11-9-45)50(54)47(43-75(55,56)41-39-72-37-35-70-33-31-68-29-27-66-25-23-64-21-19-62-17-15-59-4)44-76(57,58)42-40-73-38-36-71-34-32-69-30-28-67-26-24-65-22-20-63-18-16-60-5/h8-11,47H,6-7,12-44H2,1-5H3. The maximum atomic E-state index is 13.9. The zero-order chi connectivity index (χ0) is 55.9. The van der Waals surface area contributed by atoms with Crippen molar-refractivity contribution in [3.05, 3.63) is 35.4 Å². The fraction of sp³-hybridized carbons (Fsp3) is 0.824. The Morgan fingerprint density at radius 1 is 0.395 bits per heavy atom. The Morgan fingerprint density at radius 2 is 0.684 bits per heavy atom. The summed E-state index contributed by atoms with van der Waals surface area (Å²) in [5.74, 6) is -5.18. The summed E-state index contributed by atoms with van der Waals surface area (Å²) in [5, 5.41) is 0. The molecule has 0 aliphatic carbocycles. The Morgan fingerprint density at radius 3 is 1.00 bits per heavy atom. The van der Waals surface area contributed by atoms with Gasteiger partial charge in [0.1, 0.15) is 5.60 Å². The predicted molar refractivity (Wildman–Crippen MR) is 280 cm³/mol. The predicted octanol–water partition coefficient (Wildman–Crippen LogP) is 2.52. The fourth-order valence-electron chi connectivity index (χ4n) is 6.22. The van der Waals surface area contributed by atoms with Gasteiger partial charge in [0.25, 0.3) is 0 Å². The SMILES string of the molecule is COCCOCCOCCOCCOCCOCCOCCS(=O)(=O)CC(CS(=O)(=O)CCOCCOCCOCCOCCOCCOCCOC)C(=O)c1ccc(C(=O)CCCOCCC(=O)OC(C)(C)C)cc1. The number of esters is 1. The first-order chi connectivity index (χ1) is 36.6. The van der Waals surface area contributed by atoms with Crippen LogP contribution >= 0.6 is 0 Å². The molecule has 1 aromatic carbocycles. The van der Waals surface area contributed by atoms with Gasteiger partial charge >= 0.3 is 5.97 Å². The van der Waals surface area contributed by atoms with E-state index in [0.717, 1.165) is 0 Å². The van der Waals surface area contributed by atoms with Gasteiger partial charge in [-0.3, -0.25) is 14.4 Å². The molecule has 0 fully saturated rings. The van der Waals surface area contributed by atoms with Crippen molar-refractivity contribution in [3.63, 3.8) is 0 Å². The van der Waals surface area contributed by atoms with E-state index in [2.05, 4.69) is 0 Å². The fourth-order valence-corrected chi connectivity index (χ4v) is 9.21. The summed E-state index contributed by atoms with van der Waals surface area (Å²) in [6.07, 6.45) is 0.598. The zero-order valence-electron chi connectivity index (χ0n) is 45.8. The van der Waals surface area contributed by atoms with Crippen LogP contribution in [-0.4, -0.2) is 262 Å². The monoisotopic (exact) mass is 1130 g/mol. The lowest BCUT2D eigenvalue weighted by Crippen LogP contribution is -2.34. The summed E-state index contributed by atoms with van der Waals surface area (Å²) in [4.78, 5) is 38.7. The Kier molecular flexibility index (Phi) is 44.3. The molecule has 0 saturated heterocycles. The van der Waals surface area contributed by atoms with E-state index in [1.807, 2.05) is 0 Å². The van der Waals surface area contributed by atoms with Crippen molar-refractivity contribution in [2.75, 3.05) is 222 Å². The average molecular weight is 1140 g/mol. The van der Waals surface area contributed by atoms with Crippen LogP contribution in [0.15, 0.2) is 24.3 Å². The summed E-state index contributed by atoms with van der Waals surface area (Å²) in [5.41, 5.74) is -0.237. The number of ketones is 2. The molecule has 25 heteroatoms. The molecule has 0 N–H and O–H groups in total. The summed E-state index contributed by atoms with van der Waals surface area (Å²) < 4.78 is 139. The third kappa shape index (κ3) is 44.2. The van der Waals surface area contributed by atoms with E-state index in [4.69, 9.17) is 75.8 Å². The van der Waals surface area contributed by atoms with Gasteiger partial charge in [-0.25, -0.2) is 16.8 Å². The number of benzene rings is 1. The summed E-state index contributed by atoms with van der Waals surface area (Å²) in [6, 6.07) is 5.65. The van der Waals surface area contributed by atoms with Gasteiger partial charge < -0.3 is 75.8 Å². The highest BCUT2D eigenvalue weighted by Gasteiger charge is 2.31. The molecule has 0 saturated carbocycles. The van der Waals surface area contributed by atoms with Crippen LogP contribution in [0.3, 0.4) is 0 Å². The highest BCUT2D eigenvalue weighted by atomic mass is 32.2. The van der Waals surface area contributed by atoms with Crippen LogP contribution in [0, 0.1) is 5.92 Å². The third-order valence-corrected chi connectivity index (χ3v) is 13.4. The smallest absolute Gasteiger partial charge is 0.308 e. The molecule has 0 amide bonds. The van der Waals surface area contributed by atoms with E-state index in [0.29, 0.717) is 131 Å². The van der Waals surface area contributed by atoms with Crippen molar-refractivity contribution in [3.8, 4) is 0 Å². The van der Waals surface area contributed by atoms with E-state index in [1.165, 1.54) is 24.3 Å². The van der Waals surface area contributed by atoms with Gasteiger partial charge in [0.05, 0.1) is 214 Å². The van der Waals surface area contributed by atoms with E-state index >= 15 is 0 Å². The Labute approximate surface area is 451 Å². The molecule has 0 aromatic heterocycles. The second-order valence-corrected chi connectivity index (χ2v) is 22.1.